The van der Waals surface area contributed by atoms with Gasteiger partial charge in [-0.2, -0.15) is 0 Å². The molecule has 1 atom stereocenters. The fourth-order valence-electron chi connectivity index (χ4n) is 1.82. The van der Waals surface area contributed by atoms with Crippen molar-refractivity contribution in [2.75, 3.05) is 6.79 Å². The van der Waals surface area contributed by atoms with Gasteiger partial charge in [-0.3, -0.25) is 4.79 Å². The van der Waals surface area contributed by atoms with Gasteiger partial charge in [0, 0.05) is 6.07 Å². The summed E-state index contributed by atoms with van der Waals surface area (Å²) in [5.74, 6) is 1.79. The van der Waals surface area contributed by atoms with Crippen molar-refractivity contribution in [3.8, 4) is 17.2 Å². The van der Waals surface area contributed by atoms with Gasteiger partial charge in [0.2, 0.25) is 6.79 Å². The van der Waals surface area contributed by atoms with Crippen LogP contribution in [0.2, 0.25) is 0 Å². The van der Waals surface area contributed by atoms with Crippen LogP contribution in [-0.2, 0) is 0 Å². The minimum atomic E-state index is 0.0825. The van der Waals surface area contributed by atoms with Crippen LogP contribution in [0.1, 0.15) is 37.0 Å². The molecule has 1 aliphatic rings. The summed E-state index contributed by atoms with van der Waals surface area (Å²) < 4.78 is 16.2. The number of aldehydes is 1. The lowest BCUT2D eigenvalue weighted by Crippen LogP contribution is -2.12. The van der Waals surface area contributed by atoms with Crippen molar-refractivity contribution in [1.29, 1.82) is 0 Å². The summed E-state index contributed by atoms with van der Waals surface area (Å²) in [5.41, 5.74) is 0.497. The molecule has 0 amide bonds. The van der Waals surface area contributed by atoms with Crippen molar-refractivity contribution in [1.82, 2.24) is 0 Å². The molecular formula is C13H16O4. The summed E-state index contributed by atoms with van der Waals surface area (Å²) in [6.45, 7) is 4.28. The zero-order valence-corrected chi connectivity index (χ0v) is 10.1. The predicted octanol–water partition coefficient (Wildman–Crippen LogP) is 2.80. The summed E-state index contributed by atoms with van der Waals surface area (Å²) in [7, 11) is 0. The van der Waals surface area contributed by atoms with Crippen molar-refractivity contribution < 1.29 is 19.0 Å². The number of carbonyl (C=O) groups is 1. The first-order valence-corrected chi connectivity index (χ1v) is 5.80. The zero-order chi connectivity index (χ0) is 12.3. The van der Waals surface area contributed by atoms with Gasteiger partial charge in [-0.15, -0.1) is 0 Å². The van der Waals surface area contributed by atoms with E-state index in [0.29, 0.717) is 22.8 Å². The molecule has 1 aromatic rings. The summed E-state index contributed by atoms with van der Waals surface area (Å²) >= 11 is 0. The van der Waals surface area contributed by atoms with E-state index in [1.165, 1.54) is 0 Å². The van der Waals surface area contributed by atoms with Crippen LogP contribution < -0.4 is 14.2 Å². The third-order valence-corrected chi connectivity index (χ3v) is 2.66. The van der Waals surface area contributed by atoms with E-state index in [9.17, 15) is 4.79 Å². The highest BCUT2D eigenvalue weighted by Crippen LogP contribution is 2.37. The standard InChI is InChI=1S/C13H16O4/c1-3-4-9(2)17-11-6-13-12(15-8-16-13)5-10(11)7-14/h5-7,9H,3-4,8H2,1-2H3. The van der Waals surface area contributed by atoms with E-state index >= 15 is 0 Å². The first kappa shape index (κ1) is 11.8. The quantitative estimate of drug-likeness (QED) is 0.737. The number of rotatable bonds is 5. The number of ether oxygens (including phenoxy) is 3. The average Bonchev–Trinajstić information content (AvgIpc) is 2.75. The van der Waals surface area contributed by atoms with Crippen LogP contribution in [0.4, 0.5) is 0 Å². The van der Waals surface area contributed by atoms with E-state index in [0.717, 1.165) is 19.1 Å². The maximum Gasteiger partial charge on any atom is 0.231 e. The summed E-state index contributed by atoms with van der Waals surface area (Å²) in [4.78, 5) is 11.0. The van der Waals surface area contributed by atoms with E-state index in [1.807, 2.05) is 6.92 Å². The average molecular weight is 236 g/mol. The minimum absolute atomic E-state index is 0.0825. The molecule has 0 N–H and O–H groups in total. The molecule has 0 aromatic heterocycles. The van der Waals surface area contributed by atoms with Gasteiger partial charge in [0.15, 0.2) is 17.8 Å². The molecule has 0 saturated heterocycles. The van der Waals surface area contributed by atoms with E-state index < -0.39 is 0 Å². The minimum Gasteiger partial charge on any atom is -0.490 e. The number of carbonyl (C=O) groups excluding carboxylic acids is 1. The first-order valence-electron chi connectivity index (χ1n) is 5.80. The normalized spacial score (nSPS) is 14.5. The molecule has 1 unspecified atom stereocenters. The molecule has 0 spiro atoms. The van der Waals surface area contributed by atoms with Gasteiger partial charge in [-0.25, -0.2) is 0 Å². The highest BCUT2D eigenvalue weighted by molar-refractivity contribution is 5.81. The maximum absolute atomic E-state index is 11.0. The van der Waals surface area contributed by atoms with Gasteiger partial charge in [-0.05, 0) is 19.4 Å². The van der Waals surface area contributed by atoms with Gasteiger partial charge in [-0.1, -0.05) is 13.3 Å². The second-order valence-electron chi connectivity index (χ2n) is 4.08. The fraction of sp³-hybridized carbons (Fsp3) is 0.462. The third kappa shape index (κ3) is 2.52. The Bertz CT molecular complexity index is 414. The lowest BCUT2D eigenvalue weighted by molar-refractivity contribution is 0.111. The molecule has 4 nitrogen and oxygen atoms in total. The van der Waals surface area contributed by atoms with Crippen molar-refractivity contribution in [2.24, 2.45) is 0 Å². The number of hydrogen-bond acceptors (Lipinski definition) is 4. The van der Waals surface area contributed by atoms with Crippen molar-refractivity contribution >= 4 is 6.29 Å². The Morgan fingerprint density at radius 3 is 2.76 bits per heavy atom. The Balaban J connectivity index is 2.23. The van der Waals surface area contributed by atoms with Crippen LogP contribution in [0.15, 0.2) is 12.1 Å². The molecular weight excluding hydrogens is 220 g/mol. The van der Waals surface area contributed by atoms with Crippen LogP contribution in [-0.4, -0.2) is 19.2 Å². The number of benzene rings is 1. The molecule has 0 aliphatic carbocycles. The molecule has 0 saturated carbocycles. The Hall–Kier alpha value is -1.71. The Kier molecular flexibility index (Phi) is 3.52. The van der Waals surface area contributed by atoms with E-state index in [2.05, 4.69) is 6.92 Å². The summed E-state index contributed by atoms with van der Waals surface area (Å²) in [6.07, 6.45) is 2.85. The SMILES string of the molecule is CCCC(C)Oc1cc2c(cc1C=O)OCO2. The van der Waals surface area contributed by atoms with Crippen LogP contribution in [0.25, 0.3) is 0 Å². The Labute approximate surface area is 100 Å². The van der Waals surface area contributed by atoms with Crippen LogP contribution >= 0.6 is 0 Å². The second-order valence-corrected chi connectivity index (χ2v) is 4.08. The maximum atomic E-state index is 11.0. The van der Waals surface area contributed by atoms with Crippen LogP contribution in [0.5, 0.6) is 17.2 Å². The van der Waals surface area contributed by atoms with Crippen molar-refractivity contribution in [3.63, 3.8) is 0 Å². The van der Waals surface area contributed by atoms with E-state index in [4.69, 9.17) is 14.2 Å². The van der Waals surface area contributed by atoms with Crippen molar-refractivity contribution in [3.05, 3.63) is 17.7 Å². The molecule has 2 rings (SSSR count). The highest BCUT2D eigenvalue weighted by atomic mass is 16.7. The van der Waals surface area contributed by atoms with Crippen LogP contribution in [0.3, 0.4) is 0 Å². The molecule has 92 valence electrons. The second kappa shape index (κ2) is 5.08. The van der Waals surface area contributed by atoms with Gasteiger partial charge < -0.3 is 14.2 Å². The molecule has 0 bridgehead atoms. The highest BCUT2D eigenvalue weighted by Gasteiger charge is 2.18. The van der Waals surface area contributed by atoms with Gasteiger partial charge in [0.1, 0.15) is 5.75 Å². The molecule has 17 heavy (non-hydrogen) atoms. The van der Waals surface area contributed by atoms with Crippen molar-refractivity contribution in [2.45, 2.75) is 32.8 Å². The summed E-state index contributed by atoms with van der Waals surface area (Å²) in [5, 5.41) is 0. The van der Waals surface area contributed by atoms with Gasteiger partial charge in [0.25, 0.3) is 0 Å². The molecule has 4 heteroatoms. The monoisotopic (exact) mass is 236 g/mol. The molecule has 1 aliphatic heterocycles. The zero-order valence-electron chi connectivity index (χ0n) is 10.1. The lowest BCUT2D eigenvalue weighted by Gasteiger charge is -2.15. The third-order valence-electron chi connectivity index (χ3n) is 2.66. The van der Waals surface area contributed by atoms with Crippen LogP contribution in [0, 0.1) is 0 Å². The molecule has 0 fully saturated rings. The molecule has 1 heterocycles. The van der Waals surface area contributed by atoms with Gasteiger partial charge in [0.05, 0.1) is 11.7 Å². The fourth-order valence-corrected chi connectivity index (χ4v) is 1.82. The topological polar surface area (TPSA) is 44.8 Å². The van der Waals surface area contributed by atoms with E-state index in [-0.39, 0.29) is 12.9 Å². The number of fused-ring (bicyclic) bond motifs is 1. The smallest absolute Gasteiger partial charge is 0.231 e. The Morgan fingerprint density at radius 1 is 1.41 bits per heavy atom. The Morgan fingerprint density at radius 2 is 2.12 bits per heavy atom. The molecule has 0 radical (unpaired) electrons. The largest absolute Gasteiger partial charge is 0.490 e. The van der Waals surface area contributed by atoms with Gasteiger partial charge >= 0.3 is 0 Å². The van der Waals surface area contributed by atoms with E-state index in [1.54, 1.807) is 12.1 Å². The molecule has 1 aromatic carbocycles. The number of hydrogen-bond donors (Lipinski definition) is 0. The predicted molar refractivity (Wildman–Crippen MR) is 63.0 cm³/mol. The first-order chi connectivity index (χ1) is 8.24. The lowest BCUT2D eigenvalue weighted by atomic mass is 10.2. The summed E-state index contributed by atoms with van der Waals surface area (Å²) in [6, 6.07) is 3.38.